The highest BCUT2D eigenvalue weighted by molar-refractivity contribution is 8.00. The van der Waals surface area contributed by atoms with Crippen molar-refractivity contribution in [3.8, 4) is 0 Å². The summed E-state index contributed by atoms with van der Waals surface area (Å²) in [5, 5.41) is 8.85. The Morgan fingerprint density at radius 2 is 1.67 bits per heavy atom. The molecule has 3 aromatic carbocycles. The fraction of sp³-hybridized carbons (Fsp3) is 0.194. The van der Waals surface area contributed by atoms with Crippen LogP contribution in [0.4, 0.5) is 10.7 Å². The van der Waals surface area contributed by atoms with Crippen LogP contribution >= 0.6 is 23.1 Å². The standard InChI is InChI=1S/C36H34N4O6S2/c1-3-46-36(45)32-28-17-18-40(23(2)41)21-30(28)48-35(32)39-31(42)22-47-27-16-10-15-26(20-27)37-34(44)29(19-24-11-6-4-7-12-24)38-33(43)25-13-8-5-9-14-25/h4-16,19-20H,3,17-18,21-22H2,1-2H3,(H,37,44)(H,38,43)(H,39,42)/b29-19-. The molecule has 0 fully saturated rings. The van der Waals surface area contributed by atoms with E-state index in [2.05, 4.69) is 16.0 Å². The molecule has 0 saturated heterocycles. The number of ether oxygens (including phenoxy) is 1. The number of fused-ring (bicyclic) bond motifs is 1. The average molecular weight is 683 g/mol. The summed E-state index contributed by atoms with van der Waals surface area (Å²) in [5.41, 5.74) is 2.85. The maximum Gasteiger partial charge on any atom is 0.341 e. The van der Waals surface area contributed by atoms with E-state index < -0.39 is 17.8 Å². The minimum Gasteiger partial charge on any atom is -0.462 e. The molecule has 1 aliphatic rings. The van der Waals surface area contributed by atoms with E-state index in [1.807, 2.05) is 36.4 Å². The summed E-state index contributed by atoms with van der Waals surface area (Å²) < 4.78 is 5.29. The number of anilines is 2. The van der Waals surface area contributed by atoms with Gasteiger partial charge in [0.1, 0.15) is 10.7 Å². The van der Waals surface area contributed by atoms with E-state index >= 15 is 0 Å². The molecule has 10 nitrogen and oxygen atoms in total. The number of nitrogens with one attached hydrogen (secondary N) is 3. The Morgan fingerprint density at radius 1 is 0.938 bits per heavy atom. The van der Waals surface area contributed by atoms with E-state index in [-0.39, 0.29) is 29.9 Å². The maximum atomic E-state index is 13.4. The van der Waals surface area contributed by atoms with E-state index in [0.717, 1.165) is 20.9 Å². The second-order valence-corrected chi connectivity index (χ2v) is 12.9. The van der Waals surface area contributed by atoms with Crippen LogP contribution in [0.2, 0.25) is 0 Å². The fourth-order valence-electron chi connectivity index (χ4n) is 5.01. The summed E-state index contributed by atoms with van der Waals surface area (Å²) in [6.45, 7) is 4.30. The zero-order valence-electron chi connectivity index (χ0n) is 26.4. The molecule has 4 amide bonds. The molecule has 1 aliphatic heterocycles. The van der Waals surface area contributed by atoms with Gasteiger partial charge in [-0.1, -0.05) is 54.6 Å². The number of nitrogens with zero attached hydrogens (tertiary/aromatic N) is 1. The number of benzene rings is 3. The Labute approximate surface area is 286 Å². The zero-order valence-corrected chi connectivity index (χ0v) is 28.0. The first-order valence-corrected chi connectivity index (χ1v) is 17.1. The topological polar surface area (TPSA) is 134 Å². The zero-order chi connectivity index (χ0) is 34.0. The molecule has 1 aromatic heterocycles. The van der Waals surface area contributed by atoms with E-state index in [9.17, 15) is 24.0 Å². The van der Waals surface area contributed by atoms with Gasteiger partial charge >= 0.3 is 5.97 Å². The first kappa shape index (κ1) is 34.1. The molecule has 48 heavy (non-hydrogen) atoms. The lowest BCUT2D eigenvalue weighted by molar-refractivity contribution is -0.129. The third-order valence-corrected chi connectivity index (χ3v) is 9.46. The minimum absolute atomic E-state index is 0.0358. The highest BCUT2D eigenvalue weighted by Gasteiger charge is 2.30. The van der Waals surface area contributed by atoms with E-state index in [1.54, 1.807) is 66.4 Å². The van der Waals surface area contributed by atoms with Gasteiger partial charge in [-0.3, -0.25) is 19.2 Å². The van der Waals surface area contributed by atoms with Gasteiger partial charge < -0.3 is 25.6 Å². The number of thiophene rings is 1. The van der Waals surface area contributed by atoms with Gasteiger partial charge in [0.25, 0.3) is 11.8 Å². The minimum atomic E-state index is -0.514. The number of esters is 1. The lowest BCUT2D eigenvalue weighted by Gasteiger charge is -2.25. The Balaban J connectivity index is 1.26. The lowest BCUT2D eigenvalue weighted by atomic mass is 10.0. The predicted octanol–water partition coefficient (Wildman–Crippen LogP) is 5.97. The summed E-state index contributed by atoms with van der Waals surface area (Å²) in [4.78, 5) is 67.5. The first-order chi connectivity index (χ1) is 23.2. The van der Waals surface area contributed by atoms with Crippen LogP contribution in [0, 0.1) is 0 Å². The van der Waals surface area contributed by atoms with E-state index in [4.69, 9.17) is 4.74 Å². The summed E-state index contributed by atoms with van der Waals surface area (Å²) in [5.74, 6) is -1.77. The molecular formula is C36H34N4O6S2. The molecule has 0 saturated carbocycles. The number of amides is 4. The predicted molar refractivity (Wildman–Crippen MR) is 188 cm³/mol. The SMILES string of the molecule is CCOC(=O)c1c(NC(=O)CSc2cccc(NC(=O)/C(=C/c3ccccc3)NC(=O)c3ccccc3)c2)sc2c1CCN(C(C)=O)C2. The lowest BCUT2D eigenvalue weighted by Crippen LogP contribution is -2.34. The molecule has 0 bridgehead atoms. The van der Waals surface area contributed by atoms with Crippen molar-refractivity contribution < 1.29 is 28.7 Å². The van der Waals surface area contributed by atoms with Crippen LogP contribution in [-0.4, -0.2) is 53.4 Å². The van der Waals surface area contributed by atoms with Gasteiger partial charge in [-0.05, 0) is 60.9 Å². The van der Waals surface area contributed by atoms with Gasteiger partial charge in [0.2, 0.25) is 11.8 Å². The van der Waals surface area contributed by atoms with Crippen molar-refractivity contribution in [3.63, 3.8) is 0 Å². The average Bonchev–Trinajstić information content (AvgIpc) is 3.45. The highest BCUT2D eigenvalue weighted by Crippen LogP contribution is 2.38. The summed E-state index contributed by atoms with van der Waals surface area (Å²) >= 11 is 2.54. The normalized spacial score (nSPS) is 12.5. The third kappa shape index (κ3) is 8.78. The number of carbonyl (C=O) groups is 5. The van der Waals surface area contributed by atoms with Crippen molar-refractivity contribution >= 4 is 69.5 Å². The molecule has 4 aromatic rings. The van der Waals surface area contributed by atoms with Crippen molar-refractivity contribution in [1.82, 2.24) is 10.2 Å². The Hall–Kier alpha value is -5.20. The number of hydrogen-bond acceptors (Lipinski definition) is 8. The van der Waals surface area contributed by atoms with Crippen LogP contribution in [0.5, 0.6) is 0 Å². The van der Waals surface area contributed by atoms with E-state index in [1.165, 1.54) is 30.0 Å². The fourth-order valence-corrected chi connectivity index (χ4v) is 7.03. The van der Waals surface area contributed by atoms with Crippen LogP contribution in [-0.2, 0) is 32.1 Å². The second kappa shape index (κ2) is 16.1. The molecule has 2 heterocycles. The third-order valence-electron chi connectivity index (χ3n) is 7.34. The number of thioether (sulfide) groups is 1. The van der Waals surface area contributed by atoms with Crippen molar-refractivity contribution in [3.05, 3.63) is 118 Å². The van der Waals surface area contributed by atoms with Gasteiger partial charge in [-0.15, -0.1) is 23.1 Å². The maximum absolute atomic E-state index is 13.4. The van der Waals surface area contributed by atoms with Gasteiger partial charge in [0.05, 0.1) is 24.5 Å². The van der Waals surface area contributed by atoms with Gasteiger partial charge in [0, 0.05) is 34.5 Å². The molecule has 12 heteroatoms. The quantitative estimate of drug-likeness (QED) is 0.101. The van der Waals surface area contributed by atoms with Crippen LogP contribution < -0.4 is 16.0 Å². The summed E-state index contributed by atoms with van der Waals surface area (Å²) in [7, 11) is 0. The van der Waals surface area contributed by atoms with Crippen molar-refractivity contribution in [2.45, 2.75) is 31.7 Å². The molecule has 246 valence electrons. The number of rotatable bonds is 11. The second-order valence-electron chi connectivity index (χ2n) is 10.7. The molecule has 0 atom stereocenters. The Morgan fingerprint density at radius 3 is 2.38 bits per heavy atom. The van der Waals surface area contributed by atoms with Crippen LogP contribution in [0.3, 0.4) is 0 Å². The molecule has 0 radical (unpaired) electrons. The van der Waals surface area contributed by atoms with Crippen LogP contribution in [0.1, 0.15) is 50.6 Å². The first-order valence-electron chi connectivity index (χ1n) is 15.3. The number of hydrogen-bond donors (Lipinski definition) is 3. The summed E-state index contributed by atoms with van der Waals surface area (Å²) in [6.07, 6.45) is 2.10. The summed E-state index contributed by atoms with van der Waals surface area (Å²) in [6, 6.07) is 24.8. The Bertz CT molecular complexity index is 1860. The van der Waals surface area contributed by atoms with Crippen LogP contribution in [0.15, 0.2) is 95.5 Å². The Kier molecular flexibility index (Phi) is 11.4. The molecule has 3 N–H and O–H groups in total. The van der Waals surface area contributed by atoms with Crippen molar-refractivity contribution in [1.29, 1.82) is 0 Å². The van der Waals surface area contributed by atoms with Gasteiger partial charge in [-0.25, -0.2) is 4.79 Å². The highest BCUT2D eigenvalue weighted by atomic mass is 32.2. The molecule has 0 unspecified atom stereocenters. The van der Waals surface area contributed by atoms with Crippen LogP contribution in [0.25, 0.3) is 6.08 Å². The van der Waals surface area contributed by atoms with E-state index in [0.29, 0.717) is 41.3 Å². The molecule has 5 rings (SSSR count). The van der Waals surface area contributed by atoms with Gasteiger partial charge in [-0.2, -0.15) is 0 Å². The van der Waals surface area contributed by atoms with Crippen molar-refractivity contribution in [2.24, 2.45) is 0 Å². The monoisotopic (exact) mass is 682 g/mol. The van der Waals surface area contributed by atoms with Gasteiger partial charge in [0.15, 0.2) is 0 Å². The molecule has 0 aliphatic carbocycles. The molecule has 0 spiro atoms. The number of carbonyl (C=O) groups excluding carboxylic acids is 5. The molecular weight excluding hydrogens is 649 g/mol. The largest absolute Gasteiger partial charge is 0.462 e. The van der Waals surface area contributed by atoms with Crippen molar-refractivity contribution in [2.75, 3.05) is 29.5 Å². The smallest absolute Gasteiger partial charge is 0.341 e.